The molecule has 0 saturated heterocycles. The number of rotatable bonds is 4. The average molecular weight is 204 g/mol. The molecule has 0 spiro atoms. The Hall–Kier alpha value is -1.24. The third-order valence-corrected chi connectivity index (χ3v) is 2.58. The van der Waals surface area contributed by atoms with Crippen LogP contribution in [0.4, 0.5) is 0 Å². The van der Waals surface area contributed by atoms with Crippen LogP contribution in [-0.4, -0.2) is 5.11 Å². The molecule has 1 aromatic rings. The molecule has 0 radical (unpaired) electrons. The number of phenolic OH excluding ortho intramolecular Hbond substituents is 1. The highest BCUT2D eigenvalue weighted by molar-refractivity contribution is 5.30. The highest BCUT2D eigenvalue weighted by Crippen LogP contribution is 2.27. The van der Waals surface area contributed by atoms with Crippen LogP contribution in [0.1, 0.15) is 38.7 Å². The maximum Gasteiger partial charge on any atom is 0.115 e. The fraction of sp³-hybridized carbons (Fsp3) is 0.429. The molecule has 1 heteroatoms. The molecule has 0 bridgehead atoms. The number of aromatic hydroxyl groups is 1. The summed E-state index contributed by atoms with van der Waals surface area (Å²) < 4.78 is 0. The van der Waals surface area contributed by atoms with Gasteiger partial charge in [-0.25, -0.2) is 0 Å². The minimum atomic E-state index is 0.334. The second-order valence-electron chi connectivity index (χ2n) is 4.20. The predicted molar refractivity (Wildman–Crippen MR) is 65.1 cm³/mol. The number of hydrogen-bond donors (Lipinski definition) is 1. The lowest BCUT2D eigenvalue weighted by Gasteiger charge is -2.17. The summed E-state index contributed by atoms with van der Waals surface area (Å²) in [4.78, 5) is 0. The lowest BCUT2D eigenvalue weighted by Crippen LogP contribution is -2.03. The number of hydrogen-bond acceptors (Lipinski definition) is 1. The maximum absolute atomic E-state index is 9.24. The summed E-state index contributed by atoms with van der Waals surface area (Å²) in [6, 6.07) is 7.51. The van der Waals surface area contributed by atoms with Crippen LogP contribution in [-0.2, 0) is 0 Å². The van der Waals surface area contributed by atoms with Crippen LogP contribution in [0.2, 0.25) is 0 Å². The summed E-state index contributed by atoms with van der Waals surface area (Å²) in [7, 11) is 0. The summed E-state index contributed by atoms with van der Waals surface area (Å²) in [5.41, 5.74) is 1.27. The van der Waals surface area contributed by atoms with Gasteiger partial charge in [0.2, 0.25) is 0 Å². The van der Waals surface area contributed by atoms with Gasteiger partial charge in [0.05, 0.1) is 0 Å². The van der Waals surface area contributed by atoms with E-state index in [1.54, 1.807) is 12.1 Å². The third-order valence-electron chi connectivity index (χ3n) is 2.58. The molecule has 0 aromatic heterocycles. The number of benzene rings is 1. The van der Waals surface area contributed by atoms with Crippen molar-refractivity contribution >= 4 is 0 Å². The molecule has 0 heterocycles. The molecule has 1 atom stereocenters. The van der Waals surface area contributed by atoms with Gasteiger partial charge < -0.3 is 5.11 Å². The first-order valence-electron chi connectivity index (χ1n) is 5.60. The van der Waals surface area contributed by atoms with E-state index in [0.717, 1.165) is 6.42 Å². The van der Waals surface area contributed by atoms with Crippen molar-refractivity contribution < 1.29 is 5.11 Å². The number of allylic oxidation sites excluding steroid dienone is 2. The van der Waals surface area contributed by atoms with E-state index in [1.165, 1.54) is 5.56 Å². The Morgan fingerprint density at radius 3 is 2.27 bits per heavy atom. The molecule has 1 unspecified atom stereocenters. The lowest BCUT2D eigenvalue weighted by molar-refractivity contribution is 0.474. The Kier molecular flexibility index (Phi) is 4.41. The zero-order chi connectivity index (χ0) is 11.3. The Morgan fingerprint density at radius 2 is 1.80 bits per heavy atom. The van der Waals surface area contributed by atoms with Gasteiger partial charge in [-0.15, -0.1) is 0 Å². The van der Waals surface area contributed by atoms with E-state index < -0.39 is 0 Å². The van der Waals surface area contributed by atoms with Crippen molar-refractivity contribution in [1.82, 2.24) is 0 Å². The summed E-state index contributed by atoms with van der Waals surface area (Å²) in [6.07, 6.45) is 5.54. The fourth-order valence-electron chi connectivity index (χ4n) is 1.70. The Labute approximate surface area is 92.5 Å². The minimum Gasteiger partial charge on any atom is -0.508 e. The Bertz CT molecular complexity index is 309. The quantitative estimate of drug-likeness (QED) is 0.732. The fourth-order valence-corrected chi connectivity index (χ4v) is 1.70. The molecule has 0 aliphatic rings. The molecule has 1 rings (SSSR count). The standard InChI is InChI=1S/C14H20O/c1-4-5-6-14(11(2)3)12-7-9-13(15)10-8-12/h5-11,14-15H,4H2,1-3H3. The largest absolute Gasteiger partial charge is 0.508 e. The first-order chi connectivity index (χ1) is 7.15. The normalized spacial score (nSPS) is 13.6. The van der Waals surface area contributed by atoms with Crippen molar-refractivity contribution in [2.45, 2.75) is 33.1 Å². The molecule has 1 aromatic carbocycles. The zero-order valence-corrected chi connectivity index (χ0v) is 9.77. The van der Waals surface area contributed by atoms with Gasteiger partial charge in [0, 0.05) is 5.92 Å². The minimum absolute atomic E-state index is 0.334. The summed E-state index contributed by atoms with van der Waals surface area (Å²) in [5.74, 6) is 1.36. The van der Waals surface area contributed by atoms with Gasteiger partial charge in [0.15, 0.2) is 0 Å². The molecule has 0 aliphatic heterocycles. The van der Waals surface area contributed by atoms with E-state index in [2.05, 4.69) is 32.9 Å². The lowest BCUT2D eigenvalue weighted by atomic mass is 9.88. The van der Waals surface area contributed by atoms with E-state index in [-0.39, 0.29) is 0 Å². The van der Waals surface area contributed by atoms with Crippen LogP contribution >= 0.6 is 0 Å². The molecular formula is C14H20O. The first-order valence-corrected chi connectivity index (χ1v) is 5.60. The van der Waals surface area contributed by atoms with E-state index >= 15 is 0 Å². The second kappa shape index (κ2) is 5.59. The van der Waals surface area contributed by atoms with Crippen molar-refractivity contribution in [3.63, 3.8) is 0 Å². The van der Waals surface area contributed by atoms with Gasteiger partial charge in [0.1, 0.15) is 5.75 Å². The number of phenols is 1. The van der Waals surface area contributed by atoms with Gasteiger partial charge in [0.25, 0.3) is 0 Å². The van der Waals surface area contributed by atoms with Crippen LogP contribution < -0.4 is 0 Å². The SMILES string of the molecule is CCC=CC(c1ccc(O)cc1)C(C)C. The van der Waals surface area contributed by atoms with Gasteiger partial charge >= 0.3 is 0 Å². The van der Waals surface area contributed by atoms with Crippen molar-refractivity contribution in [3.8, 4) is 5.75 Å². The van der Waals surface area contributed by atoms with Gasteiger partial charge in [-0.05, 0) is 30.0 Å². The average Bonchev–Trinajstić information content (AvgIpc) is 2.21. The van der Waals surface area contributed by atoms with Crippen LogP contribution in [0.25, 0.3) is 0 Å². The molecule has 1 N–H and O–H groups in total. The predicted octanol–water partition coefficient (Wildman–Crippen LogP) is 4.10. The molecule has 15 heavy (non-hydrogen) atoms. The van der Waals surface area contributed by atoms with E-state index in [9.17, 15) is 5.11 Å². The van der Waals surface area contributed by atoms with Crippen molar-refractivity contribution in [2.75, 3.05) is 0 Å². The second-order valence-corrected chi connectivity index (χ2v) is 4.20. The van der Waals surface area contributed by atoms with E-state index in [0.29, 0.717) is 17.6 Å². The molecule has 0 saturated carbocycles. The molecule has 0 aliphatic carbocycles. The molecule has 0 fully saturated rings. The molecule has 1 nitrogen and oxygen atoms in total. The Balaban J connectivity index is 2.89. The van der Waals surface area contributed by atoms with Crippen LogP contribution in [0, 0.1) is 5.92 Å². The topological polar surface area (TPSA) is 20.2 Å². The van der Waals surface area contributed by atoms with Crippen LogP contribution in [0.15, 0.2) is 36.4 Å². The smallest absolute Gasteiger partial charge is 0.115 e. The summed E-state index contributed by atoms with van der Waals surface area (Å²) in [5, 5.41) is 9.24. The summed E-state index contributed by atoms with van der Waals surface area (Å²) in [6.45, 7) is 6.58. The zero-order valence-electron chi connectivity index (χ0n) is 9.77. The van der Waals surface area contributed by atoms with Gasteiger partial charge in [-0.2, -0.15) is 0 Å². The molecule has 0 amide bonds. The van der Waals surface area contributed by atoms with E-state index in [1.807, 2.05) is 12.1 Å². The maximum atomic E-state index is 9.24. The first kappa shape index (κ1) is 11.8. The van der Waals surface area contributed by atoms with Crippen molar-refractivity contribution in [2.24, 2.45) is 5.92 Å². The van der Waals surface area contributed by atoms with Crippen LogP contribution in [0.3, 0.4) is 0 Å². The third kappa shape index (κ3) is 3.43. The van der Waals surface area contributed by atoms with Crippen molar-refractivity contribution in [3.05, 3.63) is 42.0 Å². The Morgan fingerprint density at radius 1 is 1.20 bits per heavy atom. The summed E-state index contributed by atoms with van der Waals surface area (Å²) >= 11 is 0. The highest BCUT2D eigenvalue weighted by atomic mass is 16.3. The van der Waals surface area contributed by atoms with Gasteiger partial charge in [-0.3, -0.25) is 0 Å². The van der Waals surface area contributed by atoms with Gasteiger partial charge in [-0.1, -0.05) is 45.1 Å². The monoisotopic (exact) mass is 204 g/mol. The molecular weight excluding hydrogens is 184 g/mol. The van der Waals surface area contributed by atoms with E-state index in [4.69, 9.17) is 0 Å². The van der Waals surface area contributed by atoms with Crippen LogP contribution in [0.5, 0.6) is 5.75 Å². The molecule has 82 valence electrons. The van der Waals surface area contributed by atoms with Crippen molar-refractivity contribution in [1.29, 1.82) is 0 Å². The highest BCUT2D eigenvalue weighted by Gasteiger charge is 2.11.